The Bertz CT molecular complexity index is 861. The number of hydrogen-bond donors (Lipinski definition) is 1. The van der Waals surface area contributed by atoms with Crippen molar-refractivity contribution >= 4 is 16.7 Å². The lowest BCUT2D eigenvalue weighted by Crippen LogP contribution is -2.58. The number of benzene rings is 1. The summed E-state index contributed by atoms with van der Waals surface area (Å²) in [6.45, 7) is 8.06. The number of anilines is 1. The Morgan fingerprint density at radius 1 is 0.964 bits per heavy atom. The molecule has 4 heteroatoms. The van der Waals surface area contributed by atoms with Crippen LogP contribution in [0.2, 0.25) is 0 Å². The summed E-state index contributed by atoms with van der Waals surface area (Å²) in [6.07, 6.45) is 9.13. The lowest BCUT2D eigenvalue weighted by Gasteiger charge is -2.45. The van der Waals surface area contributed by atoms with Crippen molar-refractivity contribution in [3.63, 3.8) is 0 Å². The molecule has 2 fully saturated rings. The van der Waals surface area contributed by atoms with Crippen molar-refractivity contribution in [2.45, 2.75) is 57.4 Å². The van der Waals surface area contributed by atoms with Gasteiger partial charge in [0.25, 0.3) is 0 Å². The number of nitrogens with one attached hydrogen (secondary N) is 1. The number of nitrogens with zero attached hydrogens (tertiary/aromatic N) is 3. The van der Waals surface area contributed by atoms with E-state index in [-0.39, 0.29) is 0 Å². The molecule has 0 amide bonds. The van der Waals surface area contributed by atoms with Crippen LogP contribution in [0.15, 0.2) is 18.2 Å². The van der Waals surface area contributed by atoms with E-state index in [1.54, 1.807) is 0 Å². The number of piperazine rings is 1. The normalized spacial score (nSPS) is 22.6. The Morgan fingerprint density at radius 3 is 2.43 bits per heavy atom. The van der Waals surface area contributed by atoms with Gasteiger partial charge in [-0.1, -0.05) is 12.8 Å². The maximum Gasteiger partial charge on any atom is 0.126 e. The Morgan fingerprint density at radius 2 is 1.68 bits per heavy atom. The predicted molar refractivity (Wildman–Crippen MR) is 117 cm³/mol. The van der Waals surface area contributed by atoms with Crippen molar-refractivity contribution in [3.8, 4) is 0 Å². The number of hydrogen-bond acceptors (Lipinski definition) is 4. The molecule has 2 aliphatic carbocycles. The zero-order valence-electron chi connectivity index (χ0n) is 17.6. The minimum atomic E-state index is 0.323. The predicted octanol–water partition coefficient (Wildman–Crippen LogP) is 4.00. The SMILES string of the molecule is Cc1cc(NCC2(N3CCN(C)CC3)CCCC2)nc2cc3c(cc12)CCC3. The molecule has 0 radical (unpaired) electrons. The van der Waals surface area contributed by atoms with Gasteiger partial charge in [0.2, 0.25) is 0 Å². The third kappa shape index (κ3) is 3.31. The maximum atomic E-state index is 5.02. The standard InChI is InChI=1S/C24H34N4/c1-18-14-23(26-22-16-20-7-5-6-19(20)15-21(18)22)25-17-24(8-3-4-9-24)28-12-10-27(2)11-13-28/h14-16H,3-13,17H2,1-2H3,(H,25,26). The monoisotopic (exact) mass is 378 g/mol. The van der Waals surface area contributed by atoms with Gasteiger partial charge < -0.3 is 10.2 Å². The molecule has 5 rings (SSSR count). The van der Waals surface area contributed by atoms with E-state index in [9.17, 15) is 0 Å². The second-order valence-corrected chi connectivity index (χ2v) is 9.39. The number of fused-ring (bicyclic) bond motifs is 2. The fraction of sp³-hybridized carbons (Fsp3) is 0.625. The van der Waals surface area contributed by atoms with Crippen molar-refractivity contribution in [1.29, 1.82) is 0 Å². The fourth-order valence-corrected chi connectivity index (χ4v) is 5.73. The highest BCUT2D eigenvalue weighted by molar-refractivity contribution is 5.85. The van der Waals surface area contributed by atoms with Gasteiger partial charge in [-0.05, 0) is 81.0 Å². The molecule has 2 heterocycles. The van der Waals surface area contributed by atoms with Crippen LogP contribution in [0, 0.1) is 6.92 Å². The summed E-state index contributed by atoms with van der Waals surface area (Å²) in [5.41, 5.74) is 5.90. The van der Waals surface area contributed by atoms with Crippen LogP contribution in [0.1, 0.15) is 48.8 Å². The lowest BCUT2D eigenvalue weighted by atomic mass is 9.93. The van der Waals surface area contributed by atoms with Crippen LogP contribution in [0.3, 0.4) is 0 Å². The molecule has 28 heavy (non-hydrogen) atoms. The van der Waals surface area contributed by atoms with Gasteiger partial charge in [-0.25, -0.2) is 4.98 Å². The number of rotatable bonds is 4. The van der Waals surface area contributed by atoms with E-state index in [4.69, 9.17) is 4.98 Å². The molecule has 0 atom stereocenters. The first-order valence-corrected chi connectivity index (χ1v) is 11.2. The molecule has 0 bridgehead atoms. The van der Waals surface area contributed by atoms with E-state index in [1.807, 2.05) is 0 Å². The van der Waals surface area contributed by atoms with Crippen molar-refractivity contribution in [1.82, 2.24) is 14.8 Å². The highest BCUT2D eigenvalue weighted by Crippen LogP contribution is 2.36. The van der Waals surface area contributed by atoms with Crippen LogP contribution < -0.4 is 5.32 Å². The molecule has 1 saturated carbocycles. The molecule has 1 aromatic heterocycles. The second-order valence-electron chi connectivity index (χ2n) is 9.39. The Labute approximate surface area is 169 Å². The topological polar surface area (TPSA) is 31.4 Å². The molecule has 3 aliphatic rings. The minimum Gasteiger partial charge on any atom is -0.368 e. The Balaban J connectivity index is 1.37. The van der Waals surface area contributed by atoms with E-state index in [1.165, 1.54) is 98.7 Å². The summed E-state index contributed by atoms with van der Waals surface area (Å²) in [5, 5.41) is 5.10. The van der Waals surface area contributed by atoms with Crippen molar-refractivity contribution in [3.05, 3.63) is 34.9 Å². The molecule has 150 valence electrons. The molecule has 0 spiro atoms. The second kappa shape index (κ2) is 7.31. The largest absolute Gasteiger partial charge is 0.368 e. The molecule has 1 aliphatic heterocycles. The number of aryl methyl sites for hydroxylation is 3. The zero-order chi connectivity index (χ0) is 19.1. The number of likely N-dealkylation sites (N-methyl/N-ethyl adjacent to an activating group) is 1. The molecular formula is C24H34N4. The van der Waals surface area contributed by atoms with Crippen LogP contribution in [0.4, 0.5) is 5.82 Å². The van der Waals surface area contributed by atoms with Gasteiger partial charge >= 0.3 is 0 Å². The first-order valence-electron chi connectivity index (χ1n) is 11.2. The number of pyridine rings is 1. The van der Waals surface area contributed by atoms with E-state index in [0.29, 0.717) is 5.54 Å². The molecule has 1 aromatic carbocycles. The summed E-state index contributed by atoms with van der Waals surface area (Å²) < 4.78 is 0. The maximum absolute atomic E-state index is 5.02. The van der Waals surface area contributed by atoms with Gasteiger partial charge in [-0.15, -0.1) is 0 Å². The molecule has 2 aromatic rings. The van der Waals surface area contributed by atoms with Crippen LogP contribution in [0.25, 0.3) is 10.9 Å². The van der Waals surface area contributed by atoms with Gasteiger partial charge in [0, 0.05) is 43.6 Å². The van der Waals surface area contributed by atoms with Crippen LogP contribution in [-0.4, -0.2) is 60.1 Å². The van der Waals surface area contributed by atoms with Crippen molar-refractivity contribution < 1.29 is 0 Å². The van der Waals surface area contributed by atoms with E-state index < -0.39 is 0 Å². The van der Waals surface area contributed by atoms with Crippen molar-refractivity contribution in [2.75, 3.05) is 45.1 Å². The average molecular weight is 379 g/mol. The summed E-state index contributed by atoms with van der Waals surface area (Å²) in [4.78, 5) is 10.3. The third-order valence-electron chi connectivity index (χ3n) is 7.54. The summed E-state index contributed by atoms with van der Waals surface area (Å²) in [6, 6.07) is 7.00. The third-order valence-corrected chi connectivity index (χ3v) is 7.54. The van der Waals surface area contributed by atoms with Gasteiger partial charge in [0.15, 0.2) is 0 Å². The van der Waals surface area contributed by atoms with Crippen LogP contribution in [-0.2, 0) is 12.8 Å². The van der Waals surface area contributed by atoms with E-state index >= 15 is 0 Å². The highest BCUT2D eigenvalue weighted by atomic mass is 15.3. The Hall–Kier alpha value is -1.65. The lowest BCUT2D eigenvalue weighted by molar-refractivity contribution is 0.0510. The molecule has 1 N–H and O–H groups in total. The van der Waals surface area contributed by atoms with Crippen LogP contribution in [0.5, 0.6) is 0 Å². The van der Waals surface area contributed by atoms with E-state index in [0.717, 1.165) is 12.4 Å². The summed E-state index contributed by atoms with van der Waals surface area (Å²) >= 11 is 0. The van der Waals surface area contributed by atoms with Gasteiger partial charge in [-0.2, -0.15) is 0 Å². The first kappa shape index (κ1) is 18.4. The van der Waals surface area contributed by atoms with E-state index in [2.05, 4.69) is 47.3 Å². The molecular weight excluding hydrogens is 344 g/mol. The quantitative estimate of drug-likeness (QED) is 0.871. The average Bonchev–Trinajstić information content (AvgIpc) is 3.35. The van der Waals surface area contributed by atoms with Crippen molar-refractivity contribution in [2.24, 2.45) is 0 Å². The summed E-state index contributed by atoms with van der Waals surface area (Å²) in [7, 11) is 2.25. The minimum absolute atomic E-state index is 0.323. The molecule has 4 nitrogen and oxygen atoms in total. The Kier molecular flexibility index (Phi) is 4.80. The smallest absolute Gasteiger partial charge is 0.126 e. The number of aromatic nitrogens is 1. The van der Waals surface area contributed by atoms with Crippen LogP contribution >= 0.6 is 0 Å². The van der Waals surface area contributed by atoms with Gasteiger partial charge in [0.1, 0.15) is 5.82 Å². The fourth-order valence-electron chi connectivity index (χ4n) is 5.73. The molecule has 1 saturated heterocycles. The zero-order valence-corrected chi connectivity index (χ0v) is 17.6. The highest BCUT2D eigenvalue weighted by Gasteiger charge is 2.40. The van der Waals surface area contributed by atoms with Gasteiger partial charge in [-0.3, -0.25) is 4.90 Å². The first-order chi connectivity index (χ1) is 13.6. The summed E-state index contributed by atoms with van der Waals surface area (Å²) in [5.74, 6) is 1.06. The van der Waals surface area contributed by atoms with Gasteiger partial charge in [0.05, 0.1) is 5.52 Å². The molecule has 0 unspecified atom stereocenters.